The predicted molar refractivity (Wildman–Crippen MR) is 145 cm³/mol. The second-order valence-corrected chi connectivity index (χ2v) is 11.0. The summed E-state index contributed by atoms with van der Waals surface area (Å²) < 4.78 is 60.0. The summed E-state index contributed by atoms with van der Waals surface area (Å²) >= 11 is 0. The summed E-state index contributed by atoms with van der Waals surface area (Å²) in [6.45, 7) is 1.63. The number of unbranched alkanes of at least 4 members (excludes halogenated alkanes) is 10. The first-order chi connectivity index (χ1) is 18.8. The molecule has 1 aromatic rings. The zero-order valence-corrected chi connectivity index (χ0v) is 24.1. The molecular formula is C28H46O10S. The molecule has 39 heavy (non-hydrogen) atoms. The fraction of sp³-hybridized carbons (Fsp3) is 0.750. The maximum absolute atomic E-state index is 12.8. The van der Waals surface area contributed by atoms with Gasteiger partial charge < -0.3 is 24.1 Å². The molecule has 1 aliphatic rings. The second kappa shape index (κ2) is 18.7. The summed E-state index contributed by atoms with van der Waals surface area (Å²) in [5, 5.41) is 9.82. The zero-order valence-electron chi connectivity index (χ0n) is 23.2. The lowest BCUT2D eigenvalue weighted by Gasteiger charge is -2.43. The predicted octanol–water partition coefficient (Wildman–Crippen LogP) is 4.74. The Morgan fingerprint density at radius 2 is 1.49 bits per heavy atom. The van der Waals surface area contributed by atoms with Crippen LogP contribution in [0, 0.1) is 0 Å². The summed E-state index contributed by atoms with van der Waals surface area (Å²) in [4.78, 5) is 12.8. The highest BCUT2D eigenvalue weighted by Gasteiger charge is 2.51. The van der Waals surface area contributed by atoms with Crippen molar-refractivity contribution in [2.45, 2.75) is 121 Å². The lowest BCUT2D eigenvalue weighted by molar-refractivity contribution is -0.304. The Labute approximate surface area is 233 Å². The lowest BCUT2D eigenvalue weighted by Crippen LogP contribution is -2.62. The second-order valence-electron chi connectivity index (χ2n) is 9.95. The molecule has 0 aliphatic carbocycles. The van der Waals surface area contributed by atoms with Crippen LogP contribution in [-0.4, -0.2) is 68.5 Å². The molecule has 0 amide bonds. The maximum atomic E-state index is 12.8. The van der Waals surface area contributed by atoms with E-state index in [1.807, 2.05) is 30.3 Å². The van der Waals surface area contributed by atoms with E-state index in [4.69, 9.17) is 23.1 Å². The van der Waals surface area contributed by atoms with E-state index in [1.54, 1.807) is 0 Å². The number of hydrogen-bond acceptors (Lipinski definition) is 9. The molecule has 0 aromatic heterocycles. The molecule has 10 nitrogen and oxygen atoms in total. The molecule has 0 spiro atoms. The number of carbonyl (C=O) groups is 1. The Morgan fingerprint density at radius 3 is 2.03 bits per heavy atom. The van der Waals surface area contributed by atoms with E-state index in [0.29, 0.717) is 6.42 Å². The highest BCUT2D eigenvalue weighted by molar-refractivity contribution is 7.80. The van der Waals surface area contributed by atoms with Crippen molar-refractivity contribution >= 4 is 16.4 Å². The molecule has 1 aliphatic heterocycles. The highest BCUT2D eigenvalue weighted by Crippen LogP contribution is 2.30. The van der Waals surface area contributed by atoms with Crippen molar-refractivity contribution in [1.82, 2.24) is 0 Å². The van der Waals surface area contributed by atoms with Gasteiger partial charge in [0.1, 0.15) is 18.3 Å². The summed E-state index contributed by atoms with van der Waals surface area (Å²) in [5.41, 5.74) is 0.815. The van der Waals surface area contributed by atoms with Gasteiger partial charge in [0.2, 0.25) is 0 Å². The van der Waals surface area contributed by atoms with Gasteiger partial charge in [0.25, 0.3) is 0 Å². The van der Waals surface area contributed by atoms with E-state index in [0.717, 1.165) is 24.8 Å². The monoisotopic (exact) mass is 574 g/mol. The standard InChI is InChI=1S/C28H46O10S/c1-3-4-5-6-7-8-9-10-11-12-16-19-24(30)37-26-25(38-39(31,32)33)23(20-29)36-28(34-2)27(26)35-21-22-17-14-13-15-18-22/h13-15,17-18,23,25-29H,3-12,16,19-21H2,1-2H3,(H,31,32,33)/t23-,25-,26+,27-,28+/m1/s1. The number of rotatable bonds is 20. The average molecular weight is 575 g/mol. The molecule has 2 N–H and O–H groups in total. The number of aliphatic hydroxyl groups excluding tert-OH is 1. The quantitative estimate of drug-likeness (QED) is 0.128. The van der Waals surface area contributed by atoms with Gasteiger partial charge in [0.15, 0.2) is 12.4 Å². The van der Waals surface area contributed by atoms with Crippen LogP contribution in [0.1, 0.15) is 89.5 Å². The molecule has 1 aromatic carbocycles. The fourth-order valence-corrected chi connectivity index (χ4v) is 5.21. The third-order valence-electron chi connectivity index (χ3n) is 6.77. The summed E-state index contributed by atoms with van der Waals surface area (Å²) in [5.74, 6) is -0.568. The first kappa shape index (κ1) is 33.6. The SMILES string of the molecule is CCCCCCCCCCCCCC(=O)O[C@@H]1[C@@H](OCc2ccccc2)[C@@H](OC)O[C@H](CO)[C@H]1OS(=O)(=O)O. The third-order valence-corrected chi connectivity index (χ3v) is 7.24. The van der Waals surface area contributed by atoms with E-state index in [2.05, 4.69) is 6.92 Å². The van der Waals surface area contributed by atoms with Crippen LogP contribution in [-0.2, 0) is 44.9 Å². The van der Waals surface area contributed by atoms with Gasteiger partial charge in [-0.1, -0.05) is 101 Å². The number of methoxy groups -OCH3 is 1. The summed E-state index contributed by atoms with van der Waals surface area (Å²) in [7, 11) is -3.61. The molecule has 1 fully saturated rings. The molecule has 0 radical (unpaired) electrons. The van der Waals surface area contributed by atoms with Gasteiger partial charge in [-0.3, -0.25) is 9.35 Å². The Balaban J connectivity index is 1.95. The van der Waals surface area contributed by atoms with E-state index in [9.17, 15) is 22.9 Å². The van der Waals surface area contributed by atoms with Crippen molar-refractivity contribution in [3.63, 3.8) is 0 Å². The van der Waals surface area contributed by atoms with Gasteiger partial charge in [-0.25, -0.2) is 4.18 Å². The number of hydrogen-bond donors (Lipinski definition) is 2. The summed E-state index contributed by atoms with van der Waals surface area (Å²) in [6.07, 6.45) is 6.32. The molecule has 0 unspecified atom stereocenters. The van der Waals surface area contributed by atoms with Gasteiger partial charge in [-0.2, -0.15) is 8.42 Å². The van der Waals surface area contributed by atoms with E-state index < -0.39 is 53.7 Å². The minimum atomic E-state index is -4.97. The average Bonchev–Trinajstić information content (AvgIpc) is 2.91. The van der Waals surface area contributed by atoms with Gasteiger partial charge in [-0.05, 0) is 12.0 Å². The van der Waals surface area contributed by atoms with Crippen molar-refractivity contribution in [3.8, 4) is 0 Å². The number of benzene rings is 1. The van der Waals surface area contributed by atoms with E-state index in [-0.39, 0.29) is 13.0 Å². The number of ether oxygens (including phenoxy) is 4. The van der Waals surface area contributed by atoms with Crippen molar-refractivity contribution in [3.05, 3.63) is 35.9 Å². The minimum absolute atomic E-state index is 0.0871. The topological polar surface area (TPSA) is 138 Å². The first-order valence-corrected chi connectivity index (χ1v) is 15.4. The van der Waals surface area contributed by atoms with Gasteiger partial charge in [0, 0.05) is 13.5 Å². The number of esters is 1. The Bertz CT molecular complexity index is 895. The minimum Gasteiger partial charge on any atom is -0.456 e. The largest absolute Gasteiger partial charge is 0.456 e. The molecule has 11 heteroatoms. The van der Waals surface area contributed by atoms with Crippen molar-refractivity contribution < 1.29 is 46.0 Å². The fourth-order valence-electron chi connectivity index (χ4n) is 4.69. The van der Waals surface area contributed by atoms with Gasteiger partial charge in [-0.15, -0.1) is 0 Å². The van der Waals surface area contributed by atoms with Crippen LogP contribution < -0.4 is 0 Å². The normalized spacial score (nSPS) is 23.5. The molecule has 0 bridgehead atoms. The Hall–Kier alpha value is -1.60. The lowest BCUT2D eigenvalue weighted by atomic mass is 9.98. The van der Waals surface area contributed by atoms with E-state index in [1.165, 1.54) is 52.1 Å². The molecule has 0 saturated carbocycles. The van der Waals surface area contributed by atoms with Crippen LogP contribution in [0.15, 0.2) is 30.3 Å². The zero-order chi connectivity index (χ0) is 28.5. The molecule has 2 rings (SSSR count). The van der Waals surface area contributed by atoms with Crippen LogP contribution in [0.5, 0.6) is 0 Å². The molecule has 1 heterocycles. The van der Waals surface area contributed by atoms with Crippen LogP contribution >= 0.6 is 0 Å². The van der Waals surface area contributed by atoms with E-state index >= 15 is 0 Å². The smallest absolute Gasteiger partial charge is 0.397 e. The van der Waals surface area contributed by atoms with Crippen LogP contribution in [0.3, 0.4) is 0 Å². The Kier molecular flexibility index (Phi) is 16.1. The van der Waals surface area contributed by atoms with Gasteiger partial charge >= 0.3 is 16.4 Å². The molecule has 5 atom stereocenters. The van der Waals surface area contributed by atoms with Crippen LogP contribution in [0.4, 0.5) is 0 Å². The number of aliphatic hydroxyl groups is 1. The number of carbonyl (C=O) groups excluding carboxylic acids is 1. The van der Waals surface area contributed by atoms with Crippen molar-refractivity contribution in [2.24, 2.45) is 0 Å². The van der Waals surface area contributed by atoms with Crippen LogP contribution in [0.25, 0.3) is 0 Å². The van der Waals surface area contributed by atoms with Crippen molar-refractivity contribution in [2.75, 3.05) is 13.7 Å². The Morgan fingerprint density at radius 1 is 0.897 bits per heavy atom. The van der Waals surface area contributed by atoms with Gasteiger partial charge in [0.05, 0.1) is 13.2 Å². The highest BCUT2D eigenvalue weighted by atomic mass is 32.3. The van der Waals surface area contributed by atoms with Crippen molar-refractivity contribution in [1.29, 1.82) is 0 Å². The molecule has 1 saturated heterocycles. The summed E-state index contributed by atoms with van der Waals surface area (Å²) in [6, 6.07) is 9.19. The van der Waals surface area contributed by atoms with Crippen LogP contribution in [0.2, 0.25) is 0 Å². The molecular weight excluding hydrogens is 528 g/mol. The third kappa shape index (κ3) is 13.1. The maximum Gasteiger partial charge on any atom is 0.397 e. The first-order valence-electron chi connectivity index (χ1n) is 14.1. The molecule has 224 valence electrons.